The van der Waals surface area contributed by atoms with Gasteiger partial charge in [0.25, 0.3) is 0 Å². The smallest absolute Gasteiger partial charge is 0.405 e. The van der Waals surface area contributed by atoms with Crippen LogP contribution >= 0.6 is 0 Å². The maximum absolute atomic E-state index is 12.7. The molecule has 0 spiro atoms. The van der Waals surface area contributed by atoms with Gasteiger partial charge in [0.1, 0.15) is 30.4 Å². The quantitative estimate of drug-likeness (QED) is 0.0598. The zero-order valence-corrected chi connectivity index (χ0v) is 27.5. The summed E-state index contributed by atoms with van der Waals surface area (Å²) in [4.78, 5) is 36.0. The molecule has 0 saturated carbocycles. The first-order valence-electron chi connectivity index (χ1n) is 16.5. The van der Waals surface area contributed by atoms with Crippen LogP contribution in [0.5, 0.6) is 0 Å². The number of unbranched alkanes of at least 4 members (excludes halogenated alkanes) is 1. The number of hydrogen-bond donors (Lipinski definition) is 8. The summed E-state index contributed by atoms with van der Waals surface area (Å²) >= 11 is 0. The van der Waals surface area contributed by atoms with Crippen LogP contribution in [0.25, 0.3) is 0 Å². The number of hydrogen-bond acceptors (Lipinski definition) is 8. The molecular formula is C35H55N3O9. The van der Waals surface area contributed by atoms with Crippen molar-refractivity contribution in [1.82, 2.24) is 16.0 Å². The van der Waals surface area contributed by atoms with Gasteiger partial charge in [-0.3, -0.25) is 9.59 Å². The summed E-state index contributed by atoms with van der Waals surface area (Å²) in [5.74, 6) is -0.934. The van der Waals surface area contributed by atoms with E-state index in [9.17, 15) is 34.8 Å². The van der Waals surface area contributed by atoms with Crippen LogP contribution in [-0.4, -0.2) is 93.3 Å². The van der Waals surface area contributed by atoms with E-state index in [4.69, 9.17) is 9.84 Å². The van der Waals surface area contributed by atoms with Crippen LogP contribution in [0.3, 0.4) is 0 Å². The predicted octanol–water partition coefficient (Wildman–Crippen LogP) is 3.30. The van der Waals surface area contributed by atoms with Gasteiger partial charge in [-0.05, 0) is 64.2 Å². The fraction of sp³-hybridized carbons (Fsp3) is 0.571. The number of carboxylic acid groups (broad SMARTS) is 1. The summed E-state index contributed by atoms with van der Waals surface area (Å²) in [5, 5.41) is 55.8. The van der Waals surface area contributed by atoms with E-state index in [1.54, 1.807) is 0 Å². The van der Waals surface area contributed by atoms with Gasteiger partial charge < -0.3 is 46.2 Å². The van der Waals surface area contributed by atoms with Crippen LogP contribution in [0, 0.1) is 0 Å². The first-order chi connectivity index (χ1) is 22.7. The van der Waals surface area contributed by atoms with E-state index in [1.165, 1.54) is 0 Å². The molecule has 0 aromatic carbocycles. The fourth-order valence-corrected chi connectivity index (χ4v) is 4.58. The Hall–Kier alpha value is -3.55. The Kier molecular flexibility index (Phi) is 23.4. The Morgan fingerprint density at radius 1 is 0.766 bits per heavy atom. The highest BCUT2D eigenvalue weighted by molar-refractivity contribution is 5.85. The zero-order valence-electron chi connectivity index (χ0n) is 27.5. The minimum absolute atomic E-state index is 0.0914. The molecule has 47 heavy (non-hydrogen) atoms. The largest absolute Gasteiger partial charge is 0.465 e. The van der Waals surface area contributed by atoms with Gasteiger partial charge in [0.2, 0.25) is 11.8 Å². The molecule has 264 valence electrons. The van der Waals surface area contributed by atoms with Crippen molar-refractivity contribution in [1.29, 1.82) is 0 Å². The van der Waals surface area contributed by atoms with Crippen LogP contribution in [0.2, 0.25) is 0 Å². The van der Waals surface area contributed by atoms with Gasteiger partial charge in [-0.15, -0.1) is 0 Å². The number of carbonyl (C=O) groups excluding carboxylic acids is 2. The van der Waals surface area contributed by atoms with Gasteiger partial charge >= 0.3 is 6.09 Å². The number of carbonyl (C=O) groups is 3. The van der Waals surface area contributed by atoms with Crippen molar-refractivity contribution in [2.75, 3.05) is 13.2 Å². The van der Waals surface area contributed by atoms with E-state index >= 15 is 0 Å². The lowest BCUT2D eigenvalue weighted by Crippen LogP contribution is -2.65. The molecule has 0 bridgehead atoms. The Morgan fingerprint density at radius 3 is 1.81 bits per heavy atom. The molecule has 1 fully saturated rings. The second-order valence-corrected chi connectivity index (χ2v) is 11.1. The van der Waals surface area contributed by atoms with Crippen molar-refractivity contribution in [3.63, 3.8) is 0 Å². The number of aliphatic hydroxyl groups excluding tert-OH is 4. The number of ether oxygens (including phenoxy) is 1. The Morgan fingerprint density at radius 2 is 1.30 bits per heavy atom. The molecule has 0 radical (unpaired) electrons. The van der Waals surface area contributed by atoms with Crippen molar-refractivity contribution < 1.29 is 44.7 Å². The van der Waals surface area contributed by atoms with E-state index in [-0.39, 0.29) is 12.3 Å². The maximum atomic E-state index is 12.7. The Balaban J connectivity index is 2.19. The molecule has 12 heteroatoms. The van der Waals surface area contributed by atoms with E-state index in [2.05, 4.69) is 83.6 Å². The lowest BCUT2D eigenvalue weighted by Gasteiger charge is -2.40. The lowest BCUT2D eigenvalue weighted by atomic mass is 9.96. The molecule has 12 nitrogen and oxygen atoms in total. The molecule has 0 unspecified atom stereocenters. The van der Waals surface area contributed by atoms with Crippen LogP contribution in [0.15, 0.2) is 72.9 Å². The predicted molar refractivity (Wildman–Crippen MR) is 181 cm³/mol. The van der Waals surface area contributed by atoms with E-state index in [0.29, 0.717) is 32.2 Å². The normalized spacial score (nSPS) is 22.7. The van der Waals surface area contributed by atoms with E-state index < -0.39 is 55.3 Å². The monoisotopic (exact) mass is 661 g/mol. The first kappa shape index (κ1) is 41.5. The van der Waals surface area contributed by atoms with Gasteiger partial charge in [-0.1, -0.05) is 79.8 Å². The molecule has 1 heterocycles. The van der Waals surface area contributed by atoms with Crippen molar-refractivity contribution in [3.05, 3.63) is 72.9 Å². The number of nitrogens with one attached hydrogen (secondary N) is 3. The number of aliphatic hydroxyl groups is 4. The second kappa shape index (κ2) is 26.5. The zero-order chi connectivity index (χ0) is 34.7. The topological polar surface area (TPSA) is 198 Å². The molecule has 0 aromatic rings. The second-order valence-electron chi connectivity index (χ2n) is 11.1. The van der Waals surface area contributed by atoms with Gasteiger partial charge in [-0.25, -0.2) is 4.79 Å². The van der Waals surface area contributed by atoms with Crippen LogP contribution in [0.1, 0.15) is 77.6 Å². The van der Waals surface area contributed by atoms with Gasteiger partial charge in [-0.2, -0.15) is 0 Å². The molecule has 6 atom stereocenters. The van der Waals surface area contributed by atoms with E-state index in [0.717, 1.165) is 38.5 Å². The minimum Gasteiger partial charge on any atom is -0.465 e. The molecule has 0 aliphatic carbocycles. The molecular weight excluding hydrogens is 606 g/mol. The molecule has 1 aliphatic rings. The number of allylic oxidation sites excluding steroid dienone is 12. The standard InChI is InChI=1S/C35H55N3O9/c1-2-3-4-5-6-7-8-9-10-11-12-13-14-15-16-17-18-19-20-24-29(40)36-25-22-21-23-27(37-35(45)46)33(43)38-30-32(42)31(41)28(26-39)47-34(30)44/h3-4,6-7,9-10,12-13,15-16,18-19,27-28,30-32,34,37,39,41-42,44H,2,5,8,11,14,17,20-26H2,1H3,(H,36,40)(H,38,43)(H,45,46)/t27-,28+,30+,31+,32+,34+/m0/s1. The van der Waals surface area contributed by atoms with Crippen molar-refractivity contribution in [3.8, 4) is 0 Å². The Labute approximate surface area is 278 Å². The third-order valence-electron chi connectivity index (χ3n) is 7.20. The first-order valence-corrected chi connectivity index (χ1v) is 16.5. The van der Waals surface area contributed by atoms with Gasteiger partial charge in [0.05, 0.1) is 6.61 Å². The summed E-state index contributed by atoms with van der Waals surface area (Å²) in [6.45, 7) is 1.83. The van der Waals surface area contributed by atoms with Crippen LogP contribution in [0.4, 0.5) is 4.79 Å². The lowest BCUT2D eigenvalue weighted by molar-refractivity contribution is -0.254. The molecule has 1 rings (SSSR count). The molecule has 3 amide bonds. The molecule has 0 aromatic heterocycles. The number of amides is 3. The van der Waals surface area contributed by atoms with Crippen LogP contribution in [-0.2, 0) is 14.3 Å². The fourth-order valence-electron chi connectivity index (χ4n) is 4.58. The summed E-state index contributed by atoms with van der Waals surface area (Å²) < 4.78 is 5.01. The highest BCUT2D eigenvalue weighted by Crippen LogP contribution is 2.20. The van der Waals surface area contributed by atoms with E-state index in [1.807, 2.05) is 12.2 Å². The SMILES string of the molecule is CCC=CCC=CCC=CCC=CCC=CCC=CCCC(=O)NCCCC[C@H](NC(=O)O)C(=O)N[C@@H]1[C@@H](O)[C@H](O)[C@@H](CO)O[C@H]1O. The van der Waals surface area contributed by atoms with Crippen molar-refractivity contribution in [2.24, 2.45) is 0 Å². The summed E-state index contributed by atoms with van der Waals surface area (Å²) in [7, 11) is 0. The molecule has 8 N–H and O–H groups in total. The maximum Gasteiger partial charge on any atom is 0.405 e. The average Bonchev–Trinajstić information content (AvgIpc) is 3.04. The molecule has 1 saturated heterocycles. The third kappa shape index (κ3) is 19.7. The van der Waals surface area contributed by atoms with Crippen LogP contribution < -0.4 is 16.0 Å². The van der Waals surface area contributed by atoms with Gasteiger partial charge in [0.15, 0.2) is 6.29 Å². The summed E-state index contributed by atoms with van der Waals surface area (Å²) in [5.41, 5.74) is 0. The third-order valence-corrected chi connectivity index (χ3v) is 7.20. The summed E-state index contributed by atoms with van der Waals surface area (Å²) in [6.07, 6.45) is 25.5. The minimum atomic E-state index is -1.72. The molecule has 1 aliphatic heterocycles. The van der Waals surface area contributed by atoms with Gasteiger partial charge in [0, 0.05) is 13.0 Å². The highest BCUT2D eigenvalue weighted by Gasteiger charge is 2.44. The highest BCUT2D eigenvalue weighted by atomic mass is 16.6. The Bertz CT molecular complexity index is 1070. The average molecular weight is 662 g/mol. The summed E-state index contributed by atoms with van der Waals surface area (Å²) in [6, 6.07) is -2.64. The van der Waals surface area contributed by atoms with Crippen molar-refractivity contribution >= 4 is 17.9 Å². The number of rotatable bonds is 23. The van der Waals surface area contributed by atoms with Crippen molar-refractivity contribution in [2.45, 2.75) is 114 Å².